The van der Waals surface area contributed by atoms with E-state index >= 15 is 0 Å². The van der Waals surface area contributed by atoms with Crippen LogP contribution in [0.25, 0.3) is 0 Å². The molecule has 0 unspecified atom stereocenters. The summed E-state index contributed by atoms with van der Waals surface area (Å²) in [5, 5.41) is 12.4. The summed E-state index contributed by atoms with van der Waals surface area (Å²) in [5.41, 5.74) is 1.70. The van der Waals surface area contributed by atoms with Crippen LogP contribution >= 0.6 is 22.9 Å². The average Bonchev–Trinajstić information content (AvgIpc) is 2.73. The first-order valence-corrected chi connectivity index (χ1v) is 6.01. The molecule has 2 aromatic heterocycles. The van der Waals surface area contributed by atoms with Crippen LogP contribution in [-0.4, -0.2) is 10.1 Å². The molecule has 2 aromatic rings. The van der Waals surface area contributed by atoms with Gasteiger partial charge in [0, 0.05) is 23.2 Å². The van der Waals surface area contributed by atoms with Crippen LogP contribution in [0.4, 0.5) is 5.69 Å². The monoisotopic (exact) mass is 254 g/mol. The number of rotatable bonds is 4. The van der Waals surface area contributed by atoms with Gasteiger partial charge in [-0.3, -0.25) is 4.98 Å². The molecule has 0 fully saturated rings. The maximum absolute atomic E-state index is 9.13. The Kier molecular flexibility index (Phi) is 3.77. The van der Waals surface area contributed by atoms with Gasteiger partial charge in [-0.2, -0.15) is 0 Å². The molecule has 2 rings (SSSR count). The number of halogens is 1. The highest BCUT2D eigenvalue weighted by Crippen LogP contribution is 2.23. The third-order valence-corrected chi connectivity index (χ3v) is 3.39. The Hall–Kier alpha value is -1.10. The van der Waals surface area contributed by atoms with Crippen LogP contribution in [0.2, 0.25) is 4.34 Å². The van der Waals surface area contributed by atoms with E-state index in [4.69, 9.17) is 16.7 Å². The van der Waals surface area contributed by atoms with E-state index in [-0.39, 0.29) is 6.61 Å². The van der Waals surface area contributed by atoms with Gasteiger partial charge in [0.2, 0.25) is 0 Å². The van der Waals surface area contributed by atoms with Crippen molar-refractivity contribution in [2.75, 3.05) is 5.32 Å². The van der Waals surface area contributed by atoms with Gasteiger partial charge >= 0.3 is 0 Å². The van der Waals surface area contributed by atoms with Gasteiger partial charge in [-0.25, -0.2) is 0 Å². The van der Waals surface area contributed by atoms with Crippen molar-refractivity contribution in [3.05, 3.63) is 45.4 Å². The molecule has 0 aliphatic heterocycles. The lowest BCUT2D eigenvalue weighted by molar-refractivity contribution is 0.282. The summed E-state index contributed by atoms with van der Waals surface area (Å²) in [6.07, 6.45) is 3.37. The largest absolute Gasteiger partial charge is 0.392 e. The number of aliphatic hydroxyl groups excluding tert-OH is 1. The van der Waals surface area contributed by atoms with Crippen LogP contribution in [0.1, 0.15) is 10.4 Å². The fourth-order valence-electron chi connectivity index (χ4n) is 1.35. The first kappa shape index (κ1) is 11.4. The van der Waals surface area contributed by atoms with Crippen molar-refractivity contribution in [1.82, 2.24) is 4.98 Å². The molecular weight excluding hydrogens is 244 g/mol. The van der Waals surface area contributed by atoms with Crippen LogP contribution < -0.4 is 5.32 Å². The molecule has 0 aromatic carbocycles. The third-order valence-electron chi connectivity index (χ3n) is 2.16. The SMILES string of the molecule is OCc1ccncc1NCc1ccc(Cl)s1. The lowest BCUT2D eigenvalue weighted by Gasteiger charge is -2.08. The lowest BCUT2D eigenvalue weighted by Crippen LogP contribution is -2.01. The number of nitrogens with zero attached hydrogens (tertiary/aromatic N) is 1. The number of nitrogens with one attached hydrogen (secondary N) is 1. The highest BCUT2D eigenvalue weighted by atomic mass is 35.5. The van der Waals surface area contributed by atoms with Crippen LogP contribution in [0, 0.1) is 0 Å². The number of pyridine rings is 1. The smallest absolute Gasteiger partial charge is 0.0931 e. The van der Waals surface area contributed by atoms with Crippen molar-refractivity contribution < 1.29 is 5.11 Å². The molecule has 0 atom stereocenters. The van der Waals surface area contributed by atoms with Gasteiger partial charge < -0.3 is 10.4 Å². The Morgan fingerprint density at radius 3 is 2.94 bits per heavy atom. The molecule has 84 valence electrons. The Bertz CT molecular complexity index is 473. The lowest BCUT2D eigenvalue weighted by atomic mass is 10.2. The van der Waals surface area contributed by atoms with Crippen molar-refractivity contribution >= 4 is 28.6 Å². The second-order valence-electron chi connectivity index (χ2n) is 3.25. The fraction of sp³-hybridized carbons (Fsp3) is 0.182. The van der Waals surface area contributed by atoms with Gasteiger partial charge in [0.25, 0.3) is 0 Å². The van der Waals surface area contributed by atoms with E-state index in [0.29, 0.717) is 6.54 Å². The molecule has 0 radical (unpaired) electrons. The van der Waals surface area contributed by atoms with Gasteiger partial charge in [0.05, 0.1) is 22.8 Å². The van der Waals surface area contributed by atoms with Crippen LogP contribution in [-0.2, 0) is 13.2 Å². The summed E-state index contributed by atoms with van der Waals surface area (Å²) in [5.74, 6) is 0. The molecule has 0 bridgehead atoms. The average molecular weight is 255 g/mol. The summed E-state index contributed by atoms with van der Waals surface area (Å²) in [7, 11) is 0. The topological polar surface area (TPSA) is 45.2 Å². The van der Waals surface area contributed by atoms with Crippen molar-refractivity contribution in [2.45, 2.75) is 13.2 Å². The van der Waals surface area contributed by atoms with Crippen molar-refractivity contribution in [2.24, 2.45) is 0 Å². The number of hydrogen-bond acceptors (Lipinski definition) is 4. The van der Waals surface area contributed by atoms with Crippen molar-refractivity contribution in [1.29, 1.82) is 0 Å². The highest BCUT2D eigenvalue weighted by molar-refractivity contribution is 7.16. The maximum atomic E-state index is 9.13. The quantitative estimate of drug-likeness (QED) is 0.882. The third kappa shape index (κ3) is 2.72. The van der Waals surface area contributed by atoms with Gasteiger partial charge in [-0.1, -0.05) is 11.6 Å². The van der Waals surface area contributed by atoms with E-state index < -0.39 is 0 Å². The molecule has 0 amide bonds. The Balaban J connectivity index is 2.04. The van der Waals surface area contributed by atoms with Crippen LogP contribution in [0.15, 0.2) is 30.6 Å². The van der Waals surface area contributed by atoms with E-state index in [0.717, 1.165) is 20.5 Å². The number of aromatic nitrogens is 1. The summed E-state index contributed by atoms with van der Waals surface area (Å²) in [6, 6.07) is 5.65. The van der Waals surface area contributed by atoms with E-state index in [2.05, 4.69) is 10.3 Å². The number of aliphatic hydroxyl groups is 1. The molecule has 16 heavy (non-hydrogen) atoms. The molecule has 5 heteroatoms. The summed E-state index contributed by atoms with van der Waals surface area (Å²) in [6.45, 7) is 0.701. The minimum atomic E-state index is 0.00997. The zero-order valence-electron chi connectivity index (χ0n) is 8.48. The second kappa shape index (κ2) is 5.30. The standard InChI is InChI=1S/C11H11ClN2OS/c12-11-2-1-9(16-11)5-14-10-6-13-4-3-8(10)7-15/h1-4,6,14-15H,5,7H2. The molecule has 0 aliphatic carbocycles. The van der Waals surface area contributed by atoms with E-state index in [1.54, 1.807) is 29.8 Å². The zero-order valence-corrected chi connectivity index (χ0v) is 10.1. The predicted octanol–water partition coefficient (Wildman–Crippen LogP) is 2.90. The van der Waals surface area contributed by atoms with Crippen LogP contribution in [0.5, 0.6) is 0 Å². The zero-order chi connectivity index (χ0) is 11.4. The van der Waals surface area contributed by atoms with Crippen LogP contribution in [0.3, 0.4) is 0 Å². The highest BCUT2D eigenvalue weighted by Gasteiger charge is 2.02. The Morgan fingerprint density at radius 2 is 2.25 bits per heavy atom. The van der Waals surface area contributed by atoms with E-state index in [9.17, 15) is 0 Å². The van der Waals surface area contributed by atoms with E-state index in [1.165, 1.54) is 0 Å². The number of thiophene rings is 1. The minimum absolute atomic E-state index is 0.00997. The second-order valence-corrected chi connectivity index (χ2v) is 5.05. The Morgan fingerprint density at radius 1 is 1.38 bits per heavy atom. The van der Waals surface area contributed by atoms with Gasteiger partial charge in [-0.15, -0.1) is 11.3 Å². The summed E-state index contributed by atoms with van der Waals surface area (Å²) >= 11 is 7.38. The normalized spacial score (nSPS) is 10.4. The summed E-state index contributed by atoms with van der Waals surface area (Å²) in [4.78, 5) is 5.17. The molecule has 2 N–H and O–H groups in total. The molecule has 0 saturated carbocycles. The first-order chi connectivity index (χ1) is 7.79. The molecule has 3 nitrogen and oxygen atoms in total. The van der Waals surface area contributed by atoms with E-state index in [1.807, 2.05) is 12.1 Å². The molecular formula is C11H11ClN2OS. The summed E-state index contributed by atoms with van der Waals surface area (Å²) < 4.78 is 0.783. The number of hydrogen-bond donors (Lipinski definition) is 2. The Labute approximate surface area is 103 Å². The molecule has 0 spiro atoms. The fourth-order valence-corrected chi connectivity index (χ4v) is 2.38. The number of anilines is 1. The first-order valence-electron chi connectivity index (χ1n) is 4.81. The van der Waals surface area contributed by atoms with Crippen molar-refractivity contribution in [3.63, 3.8) is 0 Å². The minimum Gasteiger partial charge on any atom is -0.392 e. The van der Waals surface area contributed by atoms with Gasteiger partial charge in [0.1, 0.15) is 0 Å². The molecule has 0 aliphatic rings. The predicted molar refractivity (Wildman–Crippen MR) is 66.8 cm³/mol. The molecule has 2 heterocycles. The van der Waals surface area contributed by atoms with Gasteiger partial charge in [-0.05, 0) is 18.2 Å². The van der Waals surface area contributed by atoms with Gasteiger partial charge in [0.15, 0.2) is 0 Å². The van der Waals surface area contributed by atoms with Crippen molar-refractivity contribution in [3.8, 4) is 0 Å². The molecule has 0 saturated heterocycles. The maximum Gasteiger partial charge on any atom is 0.0931 e.